The summed E-state index contributed by atoms with van der Waals surface area (Å²) >= 11 is 0. The smallest absolute Gasteiger partial charge is 0.00772 e. The molecule has 0 saturated heterocycles. The highest BCUT2D eigenvalue weighted by molar-refractivity contribution is 5.56. The van der Waals surface area contributed by atoms with Gasteiger partial charge in [-0.3, -0.25) is 0 Å². The zero-order valence-electron chi connectivity index (χ0n) is 18.9. The normalized spacial score (nSPS) is 76.7. The first kappa shape index (κ1) is 16.9. The van der Waals surface area contributed by atoms with Crippen LogP contribution in [-0.2, 0) is 0 Å². The maximum atomic E-state index is 2.83. The van der Waals surface area contributed by atoms with Gasteiger partial charge in [-0.25, -0.2) is 0 Å². The maximum absolute atomic E-state index is 2.83. The van der Waals surface area contributed by atoms with Gasteiger partial charge in [0, 0.05) is 0 Å². The summed E-state index contributed by atoms with van der Waals surface area (Å²) < 4.78 is 0. The van der Waals surface area contributed by atoms with E-state index in [4.69, 9.17) is 0 Å². The van der Waals surface area contributed by atoms with Crippen molar-refractivity contribution >= 4 is 0 Å². The first-order chi connectivity index (χ1) is 12.1. The van der Waals surface area contributed by atoms with E-state index in [0.29, 0.717) is 27.1 Å². The summed E-state index contributed by atoms with van der Waals surface area (Å²) in [5, 5.41) is 0. The summed E-state index contributed by atoms with van der Waals surface area (Å²) in [6, 6.07) is 0. The number of rotatable bonds is 3. The quantitative estimate of drug-likeness (QED) is 0.510. The summed E-state index contributed by atoms with van der Waals surface area (Å²) in [6.07, 6.45) is 5.90. The first-order valence-corrected chi connectivity index (χ1v) is 12.1. The lowest BCUT2D eigenvalue weighted by Crippen LogP contribution is -2.84. The molecule has 13 unspecified atom stereocenters. The van der Waals surface area contributed by atoms with Gasteiger partial charge in [-0.15, -0.1) is 0 Å². The topological polar surface area (TPSA) is 0 Å². The molecule has 146 valence electrons. The lowest BCUT2D eigenvalue weighted by atomic mass is 9.15. The second-order valence-corrected chi connectivity index (χ2v) is 12.6. The van der Waals surface area contributed by atoms with Gasteiger partial charge in [0.15, 0.2) is 0 Å². The number of hydrogen-bond acceptors (Lipinski definition) is 0. The fourth-order valence-electron chi connectivity index (χ4n) is 14.5. The van der Waals surface area contributed by atoms with E-state index in [1.807, 2.05) is 0 Å². The van der Waals surface area contributed by atoms with Crippen molar-refractivity contribution in [2.45, 2.75) is 88.0 Å². The third-order valence-electron chi connectivity index (χ3n) is 14.3. The molecule has 0 aromatic rings. The molecule has 0 aliphatic heterocycles. The van der Waals surface area contributed by atoms with Gasteiger partial charge >= 0.3 is 0 Å². The zero-order valence-corrected chi connectivity index (χ0v) is 18.9. The molecule has 2 bridgehead atoms. The molecular formula is C26H42. The molecule has 26 heavy (non-hydrogen) atoms. The van der Waals surface area contributed by atoms with Crippen molar-refractivity contribution in [3.05, 3.63) is 0 Å². The second-order valence-electron chi connectivity index (χ2n) is 12.6. The largest absolute Gasteiger partial charge is 0.0651 e. The molecule has 13 atom stereocenters. The van der Waals surface area contributed by atoms with Crippen molar-refractivity contribution in [2.24, 2.45) is 73.9 Å². The Balaban J connectivity index is 1.69. The molecule has 2 spiro atoms. The van der Waals surface area contributed by atoms with E-state index >= 15 is 0 Å². The Labute approximate surface area is 162 Å². The Morgan fingerprint density at radius 1 is 0.846 bits per heavy atom. The SMILES string of the molecule is CCC1C2(C)CC1(CC)C13C4C(C(C)C1(C)C2C)C(C)C41C(C)C13CC. The standard InChI is InChI=1S/C26H42/c1-10-18-21(8)13-23(18,11-2)26-20-19(14(4)22(26,9)16(21)6)15(5)25(20)17(7)24(25,26)12-3/h14-20H,10-13H2,1-9H3. The van der Waals surface area contributed by atoms with E-state index in [9.17, 15) is 0 Å². The maximum Gasteiger partial charge on any atom is -0.00772 e. The second kappa shape index (κ2) is 3.87. The van der Waals surface area contributed by atoms with Gasteiger partial charge in [0.05, 0.1) is 0 Å². The molecule has 7 saturated carbocycles. The molecule has 0 heteroatoms. The lowest BCUT2D eigenvalue weighted by molar-refractivity contribution is -0.417. The van der Waals surface area contributed by atoms with Crippen LogP contribution in [0.25, 0.3) is 0 Å². The average molecular weight is 355 g/mol. The molecule has 0 amide bonds. The highest BCUT2D eigenvalue weighted by Crippen LogP contribution is 3.13. The molecule has 0 radical (unpaired) electrons. The minimum Gasteiger partial charge on any atom is -0.0651 e. The number of hydrogen-bond donors (Lipinski definition) is 0. The first-order valence-electron chi connectivity index (χ1n) is 12.1. The van der Waals surface area contributed by atoms with Crippen LogP contribution in [0.2, 0.25) is 0 Å². The molecule has 7 aliphatic rings. The van der Waals surface area contributed by atoms with E-state index < -0.39 is 0 Å². The van der Waals surface area contributed by atoms with Crippen LogP contribution < -0.4 is 0 Å². The van der Waals surface area contributed by atoms with Crippen molar-refractivity contribution < 1.29 is 0 Å². The summed E-state index contributed by atoms with van der Waals surface area (Å²) in [4.78, 5) is 0. The van der Waals surface area contributed by atoms with Crippen LogP contribution in [0.5, 0.6) is 0 Å². The van der Waals surface area contributed by atoms with Gasteiger partial charge in [-0.05, 0) is 93.2 Å². The Morgan fingerprint density at radius 2 is 1.50 bits per heavy atom. The molecule has 7 aliphatic carbocycles. The summed E-state index contributed by atoms with van der Waals surface area (Å²) in [5.74, 6) is 6.94. The predicted molar refractivity (Wildman–Crippen MR) is 109 cm³/mol. The molecule has 0 aromatic heterocycles. The zero-order chi connectivity index (χ0) is 18.9. The minimum absolute atomic E-state index is 0.575. The van der Waals surface area contributed by atoms with Crippen LogP contribution in [0.1, 0.15) is 88.0 Å². The monoisotopic (exact) mass is 354 g/mol. The van der Waals surface area contributed by atoms with E-state index in [1.165, 1.54) is 19.3 Å². The van der Waals surface area contributed by atoms with E-state index in [2.05, 4.69) is 62.3 Å². The molecule has 0 nitrogen and oxygen atoms in total. The van der Waals surface area contributed by atoms with E-state index in [1.54, 1.807) is 6.42 Å². The van der Waals surface area contributed by atoms with Crippen molar-refractivity contribution in [2.75, 3.05) is 0 Å². The third-order valence-corrected chi connectivity index (χ3v) is 14.3. The molecule has 0 aromatic carbocycles. The van der Waals surface area contributed by atoms with Gasteiger partial charge in [-0.2, -0.15) is 0 Å². The van der Waals surface area contributed by atoms with Gasteiger partial charge in [0.25, 0.3) is 0 Å². The van der Waals surface area contributed by atoms with Crippen LogP contribution in [0.4, 0.5) is 0 Å². The fourth-order valence-corrected chi connectivity index (χ4v) is 14.5. The predicted octanol–water partition coefficient (Wildman–Crippen LogP) is 7.04. The highest BCUT2D eigenvalue weighted by atomic mass is 15.1. The average Bonchev–Trinajstić information content (AvgIpc) is 3.08. The lowest BCUT2D eigenvalue weighted by Gasteiger charge is -2.88. The van der Waals surface area contributed by atoms with E-state index in [-0.39, 0.29) is 0 Å². The van der Waals surface area contributed by atoms with Crippen molar-refractivity contribution in [1.82, 2.24) is 0 Å². The molecule has 0 N–H and O–H groups in total. The fraction of sp³-hybridized carbons (Fsp3) is 1.00. The minimum atomic E-state index is 0.575. The van der Waals surface area contributed by atoms with Crippen LogP contribution in [0.15, 0.2) is 0 Å². The van der Waals surface area contributed by atoms with Gasteiger partial charge < -0.3 is 0 Å². The van der Waals surface area contributed by atoms with Gasteiger partial charge in [-0.1, -0.05) is 68.7 Å². The van der Waals surface area contributed by atoms with Gasteiger partial charge in [0.2, 0.25) is 0 Å². The van der Waals surface area contributed by atoms with Crippen LogP contribution in [-0.4, -0.2) is 0 Å². The summed E-state index contributed by atoms with van der Waals surface area (Å²) in [6.45, 7) is 24.0. The highest BCUT2D eigenvalue weighted by Gasteiger charge is 3.10. The summed E-state index contributed by atoms with van der Waals surface area (Å²) in [7, 11) is 0. The molecule has 7 fully saturated rings. The van der Waals surface area contributed by atoms with E-state index in [0.717, 1.165) is 46.8 Å². The van der Waals surface area contributed by atoms with Crippen molar-refractivity contribution in [3.63, 3.8) is 0 Å². The summed E-state index contributed by atoms with van der Waals surface area (Å²) in [5.41, 5.74) is 3.98. The van der Waals surface area contributed by atoms with Crippen molar-refractivity contribution in [3.8, 4) is 0 Å². The van der Waals surface area contributed by atoms with Crippen molar-refractivity contribution in [1.29, 1.82) is 0 Å². The molecule has 0 heterocycles. The van der Waals surface area contributed by atoms with Crippen LogP contribution >= 0.6 is 0 Å². The Morgan fingerprint density at radius 3 is 2.04 bits per heavy atom. The Kier molecular flexibility index (Phi) is 2.52. The van der Waals surface area contributed by atoms with Gasteiger partial charge in [0.1, 0.15) is 0 Å². The third kappa shape index (κ3) is 0.882. The Bertz CT molecular complexity index is 724. The van der Waals surface area contributed by atoms with Crippen LogP contribution in [0, 0.1) is 73.9 Å². The Hall–Kier alpha value is 0. The molecular weight excluding hydrogens is 312 g/mol. The molecule has 7 rings (SSSR count). The van der Waals surface area contributed by atoms with Crippen LogP contribution in [0.3, 0.4) is 0 Å².